The number of carbonyl (C=O) groups is 1. The first kappa shape index (κ1) is 12.1. The van der Waals surface area contributed by atoms with Gasteiger partial charge in [0, 0.05) is 13.1 Å². The minimum Gasteiger partial charge on any atom is -0.478 e. The summed E-state index contributed by atoms with van der Waals surface area (Å²) < 4.78 is 0. The van der Waals surface area contributed by atoms with Crippen molar-refractivity contribution < 1.29 is 9.90 Å². The van der Waals surface area contributed by atoms with Crippen molar-refractivity contribution in [3.8, 4) is 0 Å². The Labute approximate surface area is 102 Å². The minimum absolute atomic E-state index is 0.382. The molecule has 0 amide bonds. The molecule has 1 atom stereocenters. The van der Waals surface area contributed by atoms with E-state index in [1.165, 1.54) is 12.8 Å². The Hall–Kier alpha value is -1.35. The van der Waals surface area contributed by atoms with E-state index in [-0.39, 0.29) is 0 Å². The van der Waals surface area contributed by atoms with Crippen LogP contribution in [-0.2, 0) is 6.54 Å². The van der Waals surface area contributed by atoms with Gasteiger partial charge in [0.25, 0.3) is 0 Å². The molecule has 1 heterocycles. The summed E-state index contributed by atoms with van der Waals surface area (Å²) in [6, 6.07) is 7.25. The van der Waals surface area contributed by atoms with Crippen LogP contribution >= 0.6 is 0 Å². The van der Waals surface area contributed by atoms with Crippen molar-refractivity contribution in [1.82, 2.24) is 4.90 Å². The number of carboxylic acid groups (broad SMARTS) is 1. The fourth-order valence-corrected chi connectivity index (χ4v) is 2.49. The van der Waals surface area contributed by atoms with Crippen LogP contribution in [0.1, 0.15) is 35.7 Å². The van der Waals surface area contributed by atoms with E-state index in [1.54, 1.807) is 12.1 Å². The van der Waals surface area contributed by atoms with Crippen molar-refractivity contribution >= 4 is 5.97 Å². The first-order valence-corrected chi connectivity index (χ1v) is 6.20. The van der Waals surface area contributed by atoms with Gasteiger partial charge in [-0.25, -0.2) is 4.79 Å². The fraction of sp³-hybridized carbons (Fsp3) is 0.500. The number of rotatable bonds is 3. The molecule has 0 bridgehead atoms. The zero-order chi connectivity index (χ0) is 12.3. The van der Waals surface area contributed by atoms with Gasteiger partial charge in [0.1, 0.15) is 0 Å². The van der Waals surface area contributed by atoms with E-state index < -0.39 is 5.97 Å². The van der Waals surface area contributed by atoms with Crippen molar-refractivity contribution in [3.05, 3.63) is 35.4 Å². The SMILES string of the molecule is C[C@@H]1CCCN(Cc2cccc(C(=O)O)c2)C1. The number of piperidine rings is 1. The van der Waals surface area contributed by atoms with Crippen LogP contribution in [0.5, 0.6) is 0 Å². The van der Waals surface area contributed by atoms with Crippen molar-refractivity contribution in [2.24, 2.45) is 5.92 Å². The molecular formula is C14H19NO2. The fourth-order valence-electron chi connectivity index (χ4n) is 2.49. The highest BCUT2D eigenvalue weighted by molar-refractivity contribution is 5.87. The second kappa shape index (κ2) is 5.32. The molecule has 17 heavy (non-hydrogen) atoms. The van der Waals surface area contributed by atoms with Gasteiger partial charge in [0.15, 0.2) is 0 Å². The molecule has 1 aromatic rings. The first-order chi connectivity index (χ1) is 8.15. The average Bonchev–Trinajstić information content (AvgIpc) is 2.29. The highest BCUT2D eigenvalue weighted by atomic mass is 16.4. The number of aromatic carboxylic acids is 1. The molecule has 1 fully saturated rings. The lowest BCUT2D eigenvalue weighted by Gasteiger charge is -2.30. The van der Waals surface area contributed by atoms with Crippen LogP contribution in [-0.4, -0.2) is 29.1 Å². The summed E-state index contributed by atoms with van der Waals surface area (Å²) in [5, 5.41) is 8.94. The van der Waals surface area contributed by atoms with Crippen LogP contribution < -0.4 is 0 Å². The zero-order valence-electron chi connectivity index (χ0n) is 10.2. The number of nitrogens with zero attached hydrogens (tertiary/aromatic N) is 1. The third kappa shape index (κ3) is 3.30. The van der Waals surface area contributed by atoms with Crippen LogP contribution in [0.25, 0.3) is 0 Å². The lowest BCUT2D eigenvalue weighted by Crippen LogP contribution is -2.33. The average molecular weight is 233 g/mol. The molecule has 1 aliphatic rings. The summed E-state index contributed by atoms with van der Waals surface area (Å²) in [7, 11) is 0. The smallest absolute Gasteiger partial charge is 0.335 e. The molecule has 0 radical (unpaired) electrons. The number of carboxylic acids is 1. The van der Waals surface area contributed by atoms with Gasteiger partial charge < -0.3 is 5.11 Å². The molecule has 0 unspecified atom stereocenters. The van der Waals surface area contributed by atoms with Gasteiger partial charge in [-0.05, 0) is 43.0 Å². The van der Waals surface area contributed by atoms with Crippen molar-refractivity contribution in [2.75, 3.05) is 13.1 Å². The van der Waals surface area contributed by atoms with E-state index in [4.69, 9.17) is 5.11 Å². The van der Waals surface area contributed by atoms with E-state index in [0.29, 0.717) is 5.56 Å². The maximum Gasteiger partial charge on any atom is 0.335 e. The minimum atomic E-state index is -0.848. The van der Waals surface area contributed by atoms with Gasteiger partial charge in [-0.15, -0.1) is 0 Å². The van der Waals surface area contributed by atoms with Crippen molar-refractivity contribution in [1.29, 1.82) is 0 Å². The molecular weight excluding hydrogens is 214 g/mol. The Morgan fingerprint density at radius 1 is 1.53 bits per heavy atom. The lowest BCUT2D eigenvalue weighted by atomic mass is 9.99. The molecule has 92 valence electrons. The molecule has 2 rings (SSSR count). The van der Waals surface area contributed by atoms with Gasteiger partial charge in [-0.2, -0.15) is 0 Å². The van der Waals surface area contributed by atoms with Gasteiger partial charge in [0.2, 0.25) is 0 Å². The van der Waals surface area contributed by atoms with Crippen molar-refractivity contribution in [2.45, 2.75) is 26.3 Å². The zero-order valence-corrected chi connectivity index (χ0v) is 10.2. The van der Waals surface area contributed by atoms with Crippen LogP contribution in [0.4, 0.5) is 0 Å². The van der Waals surface area contributed by atoms with Crippen LogP contribution in [0.3, 0.4) is 0 Å². The van der Waals surface area contributed by atoms with Gasteiger partial charge in [-0.1, -0.05) is 19.1 Å². The van der Waals surface area contributed by atoms with E-state index in [9.17, 15) is 4.79 Å². The number of likely N-dealkylation sites (tertiary alicyclic amines) is 1. The second-order valence-corrected chi connectivity index (χ2v) is 4.99. The highest BCUT2D eigenvalue weighted by Crippen LogP contribution is 2.18. The summed E-state index contributed by atoms with van der Waals surface area (Å²) in [5.41, 5.74) is 1.48. The number of hydrogen-bond acceptors (Lipinski definition) is 2. The van der Waals surface area contributed by atoms with Gasteiger partial charge >= 0.3 is 5.97 Å². The normalized spacial score (nSPS) is 21.4. The molecule has 0 spiro atoms. The summed E-state index contributed by atoms with van der Waals surface area (Å²) in [5.74, 6) is -0.0923. The third-order valence-corrected chi connectivity index (χ3v) is 3.32. The molecule has 3 heteroatoms. The third-order valence-electron chi connectivity index (χ3n) is 3.32. The lowest BCUT2D eigenvalue weighted by molar-refractivity contribution is 0.0696. The number of benzene rings is 1. The second-order valence-electron chi connectivity index (χ2n) is 4.99. The van der Waals surface area contributed by atoms with E-state index in [0.717, 1.165) is 31.1 Å². The Balaban J connectivity index is 2.02. The van der Waals surface area contributed by atoms with Crippen LogP contribution in [0.15, 0.2) is 24.3 Å². The standard InChI is InChI=1S/C14H19NO2/c1-11-4-3-7-15(9-11)10-12-5-2-6-13(8-12)14(16)17/h2,5-6,8,11H,3-4,7,9-10H2,1H3,(H,16,17)/t11-/m1/s1. The molecule has 0 aliphatic carbocycles. The summed E-state index contributed by atoms with van der Waals surface area (Å²) >= 11 is 0. The molecule has 1 saturated heterocycles. The van der Waals surface area contributed by atoms with E-state index in [1.807, 2.05) is 12.1 Å². The molecule has 1 aliphatic heterocycles. The topological polar surface area (TPSA) is 40.5 Å². The van der Waals surface area contributed by atoms with E-state index >= 15 is 0 Å². The Morgan fingerprint density at radius 3 is 3.06 bits per heavy atom. The number of hydrogen-bond donors (Lipinski definition) is 1. The summed E-state index contributed by atoms with van der Waals surface area (Å²) in [4.78, 5) is 13.3. The van der Waals surface area contributed by atoms with E-state index in [2.05, 4.69) is 11.8 Å². The van der Waals surface area contributed by atoms with Gasteiger partial charge in [-0.3, -0.25) is 4.90 Å². The Bertz CT molecular complexity index is 403. The Kier molecular flexibility index (Phi) is 3.79. The quantitative estimate of drug-likeness (QED) is 0.872. The predicted molar refractivity (Wildman–Crippen MR) is 67.1 cm³/mol. The summed E-state index contributed by atoms with van der Waals surface area (Å²) in [6.07, 6.45) is 2.56. The Morgan fingerprint density at radius 2 is 2.35 bits per heavy atom. The van der Waals surface area contributed by atoms with Crippen molar-refractivity contribution in [3.63, 3.8) is 0 Å². The maximum atomic E-state index is 10.9. The summed E-state index contributed by atoms with van der Waals surface area (Å²) in [6.45, 7) is 5.39. The molecule has 3 nitrogen and oxygen atoms in total. The van der Waals surface area contributed by atoms with Gasteiger partial charge in [0.05, 0.1) is 5.56 Å². The van der Waals surface area contributed by atoms with Crippen LogP contribution in [0.2, 0.25) is 0 Å². The first-order valence-electron chi connectivity index (χ1n) is 6.20. The van der Waals surface area contributed by atoms with Crippen LogP contribution in [0, 0.1) is 5.92 Å². The predicted octanol–water partition coefficient (Wildman–Crippen LogP) is 2.62. The largest absolute Gasteiger partial charge is 0.478 e. The monoisotopic (exact) mass is 233 g/mol. The molecule has 0 aromatic heterocycles. The maximum absolute atomic E-state index is 10.9. The molecule has 1 aromatic carbocycles. The molecule has 0 saturated carbocycles. The highest BCUT2D eigenvalue weighted by Gasteiger charge is 2.16. The molecule has 1 N–H and O–H groups in total.